The fourth-order valence-electron chi connectivity index (χ4n) is 4.76. The van der Waals surface area contributed by atoms with Crippen LogP contribution in [0.3, 0.4) is 0 Å². The first-order valence-corrected chi connectivity index (χ1v) is 11.5. The lowest BCUT2D eigenvalue weighted by atomic mass is 9.93. The predicted octanol–water partition coefficient (Wildman–Crippen LogP) is 4.71. The quantitative estimate of drug-likeness (QED) is 0.728. The van der Waals surface area contributed by atoms with Crippen LogP contribution in [0, 0.1) is 13.8 Å². The van der Waals surface area contributed by atoms with Gasteiger partial charge in [0.15, 0.2) is 0 Å². The lowest BCUT2D eigenvalue weighted by Gasteiger charge is -2.34. The summed E-state index contributed by atoms with van der Waals surface area (Å²) in [6, 6.07) is 0.432. The van der Waals surface area contributed by atoms with Crippen LogP contribution in [-0.2, 0) is 19.5 Å². The van der Waals surface area contributed by atoms with Gasteiger partial charge < -0.3 is 9.42 Å². The largest absolute Gasteiger partial charge is 0.361 e. The van der Waals surface area contributed by atoms with E-state index in [1.54, 1.807) is 11.3 Å². The van der Waals surface area contributed by atoms with E-state index in [0.717, 1.165) is 62.5 Å². The van der Waals surface area contributed by atoms with E-state index < -0.39 is 0 Å². The summed E-state index contributed by atoms with van der Waals surface area (Å²) < 4.78 is 5.31. The zero-order valence-electron chi connectivity index (χ0n) is 17.3. The van der Waals surface area contributed by atoms with Gasteiger partial charge in [0.05, 0.1) is 11.3 Å². The molecule has 152 valence electrons. The third-order valence-electron chi connectivity index (χ3n) is 6.44. The topological polar surface area (TPSA) is 49.6 Å². The number of carbonyl (C=O) groups is 1. The molecule has 0 bridgehead atoms. The molecular weight excluding hydrogens is 370 g/mol. The summed E-state index contributed by atoms with van der Waals surface area (Å²) in [5.74, 6) is 1.17. The Labute approximate surface area is 171 Å². The second kappa shape index (κ2) is 8.37. The summed E-state index contributed by atoms with van der Waals surface area (Å²) in [5.41, 5.74) is 4.44. The Balaban J connectivity index is 1.48. The van der Waals surface area contributed by atoms with E-state index in [1.807, 2.05) is 13.8 Å². The normalized spacial score (nSPS) is 18.2. The van der Waals surface area contributed by atoms with E-state index in [-0.39, 0.29) is 5.91 Å². The number of carbonyl (C=O) groups excluding carboxylic acids is 1. The van der Waals surface area contributed by atoms with E-state index in [0.29, 0.717) is 6.04 Å². The van der Waals surface area contributed by atoms with Crippen LogP contribution in [-0.4, -0.2) is 40.0 Å². The minimum atomic E-state index is 0.256. The maximum Gasteiger partial charge on any atom is 0.255 e. The first-order valence-electron chi connectivity index (χ1n) is 10.6. The highest BCUT2D eigenvalue weighted by Gasteiger charge is 2.30. The van der Waals surface area contributed by atoms with Gasteiger partial charge in [-0.2, -0.15) is 0 Å². The Kier molecular flexibility index (Phi) is 5.88. The SMILES string of the molecule is CCN(C(=O)c1csc2c1CCN(Cc1c(C)noc1C)C2)C1CCCCC1. The van der Waals surface area contributed by atoms with Gasteiger partial charge in [-0.25, -0.2) is 0 Å². The molecule has 4 rings (SSSR count). The number of aryl methyl sites for hydroxylation is 2. The van der Waals surface area contributed by atoms with Crippen LogP contribution in [0.5, 0.6) is 0 Å². The van der Waals surface area contributed by atoms with Crippen molar-refractivity contribution in [2.45, 2.75) is 78.4 Å². The van der Waals surface area contributed by atoms with Crippen LogP contribution in [0.4, 0.5) is 0 Å². The zero-order valence-corrected chi connectivity index (χ0v) is 18.1. The van der Waals surface area contributed by atoms with Crippen molar-refractivity contribution in [3.8, 4) is 0 Å². The summed E-state index contributed by atoms with van der Waals surface area (Å²) >= 11 is 1.75. The molecule has 1 aliphatic carbocycles. The number of hydrogen-bond donors (Lipinski definition) is 0. The van der Waals surface area contributed by atoms with Crippen LogP contribution in [0.2, 0.25) is 0 Å². The standard InChI is InChI=1S/C22H31N3O2S/c1-4-25(17-8-6-5-7-9-17)22(26)20-14-28-21-13-24(11-10-18(20)21)12-19-15(2)23-27-16(19)3/h14,17H,4-13H2,1-3H3. The fraction of sp³-hybridized carbons (Fsp3) is 0.636. The van der Waals surface area contributed by atoms with Crippen molar-refractivity contribution in [3.05, 3.63) is 38.4 Å². The third-order valence-corrected chi connectivity index (χ3v) is 7.45. The highest BCUT2D eigenvalue weighted by atomic mass is 32.1. The molecule has 0 N–H and O–H groups in total. The van der Waals surface area contributed by atoms with Crippen LogP contribution in [0.1, 0.15) is 76.8 Å². The Bertz CT molecular complexity index is 815. The van der Waals surface area contributed by atoms with E-state index in [1.165, 1.54) is 35.3 Å². The van der Waals surface area contributed by atoms with Crippen molar-refractivity contribution < 1.29 is 9.32 Å². The van der Waals surface area contributed by atoms with Crippen molar-refractivity contribution in [1.29, 1.82) is 0 Å². The van der Waals surface area contributed by atoms with E-state index in [2.05, 4.69) is 27.3 Å². The molecule has 28 heavy (non-hydrogen) atoms. The van der Waals surface area contributed by atoms with Crippen molar-refractivity contribution in [2.75, 3.05) is 13.1 Å². The maximum atomic E-state index is 13.3. The Morgan fingerprint density at radius 3 is 2.79 bits per heavy atom. The monoisotopic (exact) mass is 401 g/mol. The van der Waals surface area contributed by atoms with Crippen LogP contribution < -0.4 is 0 Å². The molecule has 0 spiro atoms. The Morgan fingerprint density at radius 2 is 2.11 bits per heavy atom. The van der Waals surface area contributed by atoms with Gasteiger partial charge in [-0.3, -0.25) is 9.69 Å². The Morgan fingerprint density at radius 1 is 1.32 bits per heavy atom. The average molecular weight is 402 g/mol. The number of fused-ring (bicyclic) bond motifs is 1. The molecule has 0 atom stereocenters. The van der Waals surface area contributed by atoms with Gasteiger partial charge in [0.1, 0.15) is 5.76 Å². The van der Waals surface area contributed by atoms with Gasteiger partial charge in [-0.1, -0.05) is 24.4 Å². The molecule has 2 aliphatic rings. The smallest absolute Gasteiger partial charge is 0.255 e. The number of nitrogens with zero attached hydrogens (tertiary/aromatic N) is 3. The first kappa shape index (κ1) is 19.6. The lowest BCUT2D eigenvalue weighted by molar-refractivity contribution is 0.0646. The minimum Gasteiger partial charge on any atom is -0.361 e. The predicted molar refractivity (Wildman–Crippen MR) is 112 cm³/mol. The molecule has 1 saturated carbocycles. The molecule has 0 saturated heterocycles. The number of aromatic nitrogens is 1. The first-order chi connectivity index (χ1) is 13.6. The molecule has 2 aromatic heterocycles. The van der Waals surface area contributed by atoms with E-state index >= 15 is 0 Å². The van der Waals surface area contributed by atoms with Gasteiger partial charge in [-0.05, 0) is 45.6 Å². The van der Waals surface area contributed by atoms with Gasteiger partial charge in [0.2, 0.25) is 0 Å². The van der Waals surface area contributed by atoms with Crippen LogP contribution >= 0.6 is 11.3 Å². The fourth-order valence-corrected chi connectivity index (χ4v) is 5.88. The molecule has 1 amide bonds. The van der Waals surface area contributed by atoms with Gasteiger partial charge >= 0.3 is 0 Å². The molecular formula is C22H31N3O2S. The molecule has 0 radical (unpaired) electrons. The van der Waals surface area contributed by atoms with E-state index in [4.69, 9.17) is 4.52 Å². The average Bonchev–Trinajstić information content (AvgIpc) is 3.27. The molecule has 6 heteroatoms. The molecule has 0 unspecified atom stereocenters. The third kappa shape index (κ3) is 3.77. The number of amides is 1. The second-order valence-electron chi connectivity index (χ2n) is 8.20. The molecule has 0 aromatic carbocycles. The number of hydrogen-bond acceptors (Lipinski definition) is 5. The molecule has 5 nitrogen and oxygen atoms in total. The molecule has 1 aliphatic heterocycles. The summed E-state index contributed by atoms with van der Waals surface area (Å²) in [5, 5.41) is 6.19. The van der Waals surface area contributed by atoms with Gasteiger partial charge in [0.25, 0.3) is 5.91 Å². The van der Waals surface area contributed by atoms with Gasteiger partial charge in [-0.15, -0.1) is 11.3 Å². The summed E-state index contributed by atoms with van der Waals surface area (Å²) in [4.78, 5) is 19.3. The maximum absolute atomic E-state index is 13.3. The van der Waals surface area contributed by atoms with Crippen LogP contribution in [0.15, 0.2) is 9.90 Å². The van der Waals surface area contributed by atoms with Crippen molar-refractivity contribution >= 4 is 17.2 Å². The Hall–Kier alpha value is -1.66. The molecule has 1 fully saturated rings. The van der Waals surface area contributed by atoms with Crippen molar-refractivity contribution in [2.24, 2.45) is 0 Å². The zero-order chi connectivity index (χ0) is 19.7. The highest BCUT2D eigenvalue weighted by Crippen LogP contribution is 2.32. The molecule has 3 heterocycles. The summed E-state index contributed by atoms with van der Waals surface area (Å²) in [6.07, 6.45) is 7.11. The minimum absolute atomic E-state index is 0.256. The van der Waals surface area contributed by atoms with Crippen molar-refractivity contribution in [3.63, 3.8) is 0 Å². The number of thiophene rings is 1. The lowest BCUT2D eigenvalue weighted by Crippen LogP contribution is -2.41. The van der Waals surface area contributed by atoms with Crippen molar-refractivity contribution in [1.82, 2.24) is 15.0 Å². The van der Waals surface area contributed by atoms with Gasteiger partial charge in [0, 0.05) is 48.0 Å². The van der Waals surface area contributed by atoms with E-state index in [9.17, 15) is 4.79 Å². The van der Waals surface area contributed by atoms with Crippen LogP contribution in [0.25, 0.3) is 0 Å². The number of rotatable bonds is 5. The molecule has 2 aromatic rings. The summed E-state index contributed by atoms with van der Waals surface area (Å²) in [6.45, 7) is 9.68. The highest BCUT2D eigenvalue weighted by molar-refractivity contribution is 7.10. The summed E-state index contributed by atoms with van der Waals surface area (Å²) in [7, 11) is 0. The second-order valence-corrected chi connectivity index (χ2v) is 9.16.